The van der Waals surface area contributed by atoms with Gasteiger partial charge in [-0.25, -0.2) is 4.98 Å². The molecule has 27 heavy (non-hydrogen) atoms. The van der Waals surface area contributed by atoms with Gasteiger partial charge in [0.25, 0.3) is 0 Å². The van der Waals surface area contributed by atoms with E-state index in [1.807, 2.05) is 7.05 Å². The fourth-order valence-corrected chi connectivity index (χ4v) is 4.98. The van der Waals surface area contributed by atoms with Crippen molar-refractivity contribution in [2.24, 2.45) is 10.9 Å². The Hall–Kier alpha value is -0.410. The Morgan fingerprint density at radius 3 is 2.74 bits per heavy atom. The van der Waals surface area contributed by atoms with Crippen LogP contribution in [0.5, 0.6) is 0 Å². The largest absolute Gasteiger partial charge is 0.356 e. The van der Waals surface area contributed by atoms with Gasteiger partial charge in [0.2, 0.25) is 0 Å². The Morgan fingerprint density at radius 1 is 1.22 bits per heavy atom. The molecule has 7 heteroatoms. The number of thiazole rings is 1. The highest BCUT2D eigenvalue weighted by atomic mass is 127. The number of aromatic nitrogens is 1. The van der Waals surface area contributed by atoms with Gasteiger partial charge in [0, 0.05) is 44.5 Å². The van der Waals surface area contributed by atoms with E-state index in [1.165, 1.54) is 63.7 Å². The van der Waals surface area contributed by atoms with Crippen LogP contribution >= 0.6 is 35.3 Å². The van der Waals surface area contributed by atoms with Gasteiger partial charge in [-0.2, -0.15) is 0 Å². The fraction of sp³-hybridized carbons (Fsp3) is 0.800. The van der Waals surface area contributed by atoms with E-state index in [-0.39, 0.29) is 24.0 Å². The van der Waals surface area contributed by atoms with Crippen molar-refractivity contribution in [2.45, 2.75) is 64.3 Å². The van der Waals surface area contributed by atoms with Crippen molar-refractivity contribution in [3.8, 4) is 0 Å². The number of hydrogen-bond donors (Lipinski definition) is 2. The first-order valence-electron chi connectivity index (χ1n) is 10.3. The average molecular weight is 506 g/mol. The molecule has 2 fully saturated rings. The van der Waals surface area contributed by atoms with E-state index in [0.29, 0.717) is 6.04 Å². The summed E-state index contributed by atoms with van der Waals surface area (Å²) in [4.78, 5) is 11.6. The molecular formula is C20H36IN5S. The Balaban J connectivity index is 0.00000261. The zero-order chi connectivity index (χ0) is 18.2. The third-order valence-electron chi connectivity index (χ3n) is 5.79. The van der Waals surface area contributed by atoms with Gasteiger partial charge < -0.3 is 10.6 Å². The smallest absolute Gasteiger partial charge is 0.191 e. The Bertz CT molecular complexity index is 570. The maximum atomic E-state index is 4.52. The fourth-order valence-electron chi connectivity index (χ4n) is 4.34. The van der Waals surface area contributed by atoms with Crippen molar-refractivity contribution in [1.82, 2.24) is 20.5 Å². The van der Waals surface area contributed by atoms with Gasteiger partial charge in [0.05, 0.1) is 10.7 Å². The molecule has 0 radical (unpaired) electrons. The summed E-state index contributed by atoms with van der Waals surface area (Å²) in [6, 6.07) is 0.664. The van der Waals surface area contributed by atoms with E-state index in [0.717, 1.165) is 36.4 Å². The minimum Gasteiger partial charge on any atom is -0.356 e. The maximum Gasteiger partial charge on any atom is 0.191 e. The van der Waals surface area contributed by atoms with Crippen molar-refractivity contribution in [1.29, 1.82) is 0 Å². The van der Waals surface area contributed by atoms with Gasteiger partial charge in [-0.15, -0.1) is 35.3 Å². The predicted molar refractivity (Wildman–Crippen MR) is 127 cm³/mol. The SMILES string of the molecule is CN=C(NCCc1csc(C)n1)NCC1CCCN1CC1CCCCC1.I. The minimum atomic E-state index is 0. The summed E-state index contributed by atoms with van der Waals surface area (Å²) in [7, 11) is 1.86. The monoisotopic (exact) mass is 505 g/mol. The highest BCUT2D eigenvalue weighted by molar-refractivity contribution is 14.0. The van der Waals surface area contributed by atoms with E-state index < -0.39 is 0 Å². The zero-order valence-electron chi connectivity index (χ0n) is 16.9. The molecule has 1 saturated carbocycles. The number of aliphatic imine (C=N–C) groups is 1. The van der Waals surface area contributed by atoms with Crippen LogP contribution in [0.4, 0.5) is 0 Å². The Morgan fingerprint density at radius 2 is 2.04 bits per heavy atom. The highest BCUT2D eigenvalue weighted by Crippen LogP contribution is 2.27. The van der Waals surface area contributed by atoms with Crippen LogP contribution in [-0.4, -0.2) is 55.1 Å². The topological polar surface area (TPSA) is 52.6 Å². The molecule has 1 aromatic heterocycles. The summed E-state index contributed by atoms with van der Waals surface area (Å²) >= 11 is 1.72. The maximum absolute atomic E-state index is 4.52. The molecule has 2 heterocycles. The third-order valence-corrected chi connectivity index (χ3v) is 6.61. The molecule has 1 atom stereocenters. The molecule has 2 N–H and O–H groups in total. The number of guanidine groups is 1. The first kappa shape index (κ1) is 22.9. The molecule has 1 aromatic rings. The standard InChI is InChI=1S/C20H35N5S.HI/c1-16-24-18(15-26-16)10-11-22-20(21-2)23-13-19-9-6-12-25(19)14-17-7-4-3-5-8-17;/h15,17,19H,3-14H2,1-2H3,(H2,21,22,23);1H. The summed E-state index contributed by atoms with van der Waals surface area (Å²) in [6.45, 7) is 6.52. The normalized spacial score (nSPS) is 21.9. The zero-order valence-corrected chi connectivity index (χ0v) is 20.0. The molecule has 3 rings (SSSR count). The average Bonchev–Trinajstić information content (AvgIpc) is 3.27. The van der Waals surface area contributed by atoms with Crippen molar-refractivity contribution in [3.05, 3.63) is 16.1 Å². The number of nitrogens with zero attached hydrogens (tertiary/aromatic N) is 3. The van der Waals surface area contributed by atoms with Gasteiger partial charge in [-0.1, -0.05) is 19.3 Å². The van der Waals surface area contributed by atoms with Crippen LogP contribution in [0.1, 0.15) is 55.6 Å². The van der Waals surface area contributed by atoms with E-state index >= 15 is 0 Å². The van der Waals surface area contributed by atoms with E-state index in [4.69, 9.17) is 0 Å². The molecular weight excluding hydrogens is 469 g/mol. The van der Waals surface area contributed by atoms with E-state index in [9.17, 15) is 0 Å². The van der Waals surface area contributed by atoms with E-state index in [1.54, 1.807) is 11.3 Å². The molecule has 1 unspecified atom stereocenters. The number of nitrogens with one attached hydrogen (secondary N) is 2. The van der Waals surface area contributed by atoms with Crippen LogP contribution in [0.2, 0.25) is 0 Å². The summed E-state index contributed by atoms with van der Waals surface area (Å²) < 4.78 is 0. The van der Waals surface area contributed by atoms with Gasteiger partial charge in [-0.05, 0) is 45.1 Å². The van der Waals surface area contributed by atoms with Crippen LogP contribution < -0.4 is 10.6 Å². The summed E-state index contributed by atoms with van der Waals surface area (Å²) in [5, 5.41) is 10.3. The molecule has 1 saturated heterocycles. The Labute approximate surface area is 185 Å². The first-order valence-corrected chi connectivity index (χ1v) is 11.2. The molecule has 154 valence electrons. The number of halogens is 1. The second-order valence-corrected chi connectivity index (χ2v) is 8.85. The Kier molecular flexibility index (Phi) is 10.3. The highest BCUT2D eigenvalue weighted by Gasteiger charge is 2.27. The van der Waals surface area contributed by atoms with Crippen LogP contribution in [0.3, 0.4) is 0 Å². The lowest BCUT2D eigenvalue weighted by atomic mass is 9.89. The molecule has 0 amide bonds. The second kappa shape index (κ2) is 12.2. The minimum absolute atomic E-state index is 0. The molecule has 1 aliphatic heterocycles. The number of rotatable bonds is 7. The first-order chi connectivity index (χ1) is 12.7. The molecule has 0 spiro atoms. The molecule has 2 aliphatic rings. The van der Waals surface area contributed by atoms with Gasteiger partial charge in [0.1, 0.15) is 0 Å². The number of aryl methyl sites for hydroxylation is 1. The lowest BCUT2D eigenvalue weighted by molar-refractivity contribution is 0.188. The lowest BCUT2D eigenvalue weighted by Crippen LogP contribution is -2.46. The molecule has 0 bridgehead atoms. The predicted octanol–water partition coefficient (Wildman–Crippen LogP) is 3.82. The molecule has 5 nitrogen and oxygen atoms in total. The van der Waals surface area contributed by atoms with Gasteiger partial charge in [0.15, 0.2) is 5.96 Å². The van der Waals surface area contributed by atoms with E-state index in [2.05, 4.69) is 37.8 Å². The molecule has 0 aromatic carbocycles. The van der Waals surface area contributed by atoms with Crippen molar-refractivity contribution in [2.75, 3.05) is 33.2 Å². The van der Waals surface area contributed by atoms with Crippen LogP contribution in [0.25, 0.3) is 0 Å². The van der Waals surface area contributed by atoms with Crippen LogP contribution in [0.15, 0.2) is 10.4 Å². The summed E-state index contributed by atoms with van der Waals surface area (Å²) in [5.41, 5.74) is 1.17. The number of hydrogen-bond acceptors (Lipinski definition) is 4. The van der Waals surface area contributed by atoms with Gasteiger partial charge in [-0.3, -0.25) is 9.89 Å². The van der Waals surface area contributed by atoms with Crippen molar-refractivity contribution < 1.29 is 0 Å². The van der Waals surface area contributed by atoms with Crippen molar-refractivity contribution in [3.63, 3.8) is 0 Å². The number of likely N-dealkylation sites (tertiary alicyclic amines) is 1. The second-order valence-electron chi connectivity index (χ2n) is 7.78. The van der Waals surface area contributed by atoms with Gasteiger partial charge >= 0.3 is 0 Å². The van der Waals surface area contributed by atoms with Crippen LogP contribution in [-0.2, 0) is 6.42 Å². The quantitative estimate of drug-likeness (QED) is 0.336. The van der Waals surface area contributed by atoms with Crippen molar-refractivity contribution >= 4 is 41.3 Å². The summed E-state index contributed by atoms with van der Waals surface area (Å²) in [5.74, 6) is 1.85. The lowest BCUT2D eigenvalue weighted by Gasteiger charge is -2.31. The van der Waals surface area contributed by atoms with Crippen LogP contribution in [0, 0.1) is 12.8 Å². The molecule has 1 aliphatic carbocycles. The summed E-state index contributed by atoms with van der Waals surface area (Å²) in [6.07, 6.45) is 10.8. The third kappa shape index (κ3) is 7.49.